The third-order valence-electron chi connectivity index (χ3n) is 3.31. The van der Waals surface area contributed by atoms with Crippen LogP contribution in [0.1, 0.15) is 45.5 Å². The summed E-state index contributed by atoms with van der Waals surface area (Å²) < 4.78 is 0. The highest BCUT2D eigenvalue weighted by atomic mass is 15.1. The lowest BCUT2D eigenvalue weighted by Gasteiger charge is -2.23. The van der Waals surface area contributed by atoms with Gasteiger partial charge in [0.15, 0.2) is 0 Å². The van der Waals surface area contributed by atoms with E-state index in [1.54, 1.807) is 0 Å². The fourth-order valence-electron chi connectivity index (χ4n) is 2.02. The first-order chi connectivity index (χ1) is 8.53. The molecule has 0 aliphatic carbocycles. The van der Waals surface area contributed by atoms with Crippen LogP contribution in [0.3, 0.4) is 0 Å². The van der Waals surface area contributed by atoms with Crippen LogP contribution in [0, 0.1) is 12.8 Å². The molecule has 0 amide bonds. The Labute approximate surface area is 111 Å². The molecule has 4 nitrogen and oxygen atoms in total. The molecule has 18 heavy (non-hydrogen) atoms. The summed E-state index contributed by atoms with van der Waals surface area (Å²) >= 11 is 0. The van der Waals surface area contributed by atoms with E-state index in [-0.39, 0.29) is 0 Å². The average Bonchev–Trinajstić information content (AvgIpc) is 2.37. The van der Waals surface area contributed by atoms with Crippen LogP contribution in [0.15, 0.2) is 0 Å². The van der Waals surface area contributed by atoms with Crippen LogP contribution in [-0.4, -0.2) is 23.1 Å². The lowest BCUT2D eigenvalue weighted by Crippen LogP contribution is -2.26. The van der Waals surface area contributed by atoms with Crippen LogP contribution in [0.5, 0.6) is 0 Å². The number of aromatic nitrogens is 2. The second-order valence-electron chi connectivity index (χ2n) is 4.97. The van der Waals surface area contributed by atoms with Crippen molar-refractivity contribution in [2.45, 2.75) is 53.5 Å². The lowest BCUT2D eigenvalue weighted by atomic mass is 10.0. The zero-order valence-electron chi connectivity index (χ0n) is 12.5. The van der Waals surface area contributed by atoms with Gasteiger partial charge in [-0.2, -0.15) is 0 Å². The van der Waals surface area contributed by atoms with Gasteiger partial charge in [-0.25, -0.2) is 9.97 Å². The van der Waals surface area contributed by atoms with E-state index in [1.807, 2.05) is 7.05 Å². The number of hydrogen-bond donors (Lipinski definition) is 2. The minimum Gasteiger partial charge on any atom is -0.373 e. The van der Waals surface area contributed by atoms with Crippen molar-refractivity contribution in [3.8, 4) is 0 Å². The van der Waals surface area contributed by atoms with Gasteiger partial charge in [0.05, 0.1) is 0 Å². The second kappa shape index (κ2) is 6.57. The van der Waals surface area contributed by atoms with Crippen molar-refractivity contribution in [2.24, 2.45) is 5.92 Å². The van der Waals surface area contributed by atoms with Crippen LogP contribution < -0.4 is 10.6 Å². The zero-order valence-corrected chi connectivity index (χ0v) is 12.5. The van der Waals surface area contributed by atoms with Gasteiger partial charge in [0.25, 0.3) is 0 Å². The molecule has 1 atom stereocenters. The highest BCUT2D eigenvalue weighted by Crippen LogP contribution is 2.22. The molecule has 0 aliphatic rings. The van der Waals surface area contributed by atoms with E-state index in [9.17, 15) is 0 Å². The first-order valence-corrected chi connectivity index (χ1v) is 6.85. The molecule has 102 valence electrons. The fraction of sp³-hybridized carbons (Fsp3) is 0.714. The molecule has 0 radical (unpaired) electrons. The van der Waals surface area contributed by atoms with Crippen LogP contribution in [-0.2, 0) is 6.42 Å². The van der Waals surface area contributed by atoms with Gasteiger partial charge >= 0.3 is 0 Å². The molecule has 2 N–H and O–H groups in total. The number of nitrogens with zero attached hydrogens (tertiary/aromatic N) is 2. The van der Waals surface area contributed by atoms with Crippen molar-refractivity contribution in [1.82, 2.24) is 9.97 Å². The molecular formula is C14H26N4. The molecule has 0 aromatic carbocycles. The highest BCUT2D eigenvalue weighted by molar-refractivity contribution is 5.57. The predicted molar refractivity (Wildman–Crippen MR) is 78.2 cm³/mol. The van der Waals surface area contributed by atoms with Gasteiger partial charge in [0.2, 0.25) is 0 Å². The summed E-state index contributed by atoms with van der Waals surface area (Å²) in [5.41, 5.74) is 1.09. The van der Waals surface area contributed by atoms with E-state index in [0.29, 0.717) is 12.0 Å². The molecule has 1 aromatic heterocycles. The lowest BCUT2D eigenvalue weighted by molar-refractivity contribution is 0.509. The Morgan fingerprint density at radius 3 is 2.17 bits per heavy atom. The van der Waals surface area contributed by atoms with Crippen molar-refractivity contribution in [1.29, 1.82) is 0 Å². The molecule has 4 heteroatoms. The fourth-order valence-corrected chi connectivity index (χ4v) is 2.02. The predicted octanol–water partition coefficient (Wildman–Crippen LogP) is 3.24. The van der Waals surface area contributed by atoms with E-state index < -0.39 is 0 Å². The van der Waals surface area contributed by atoms with Crippen LogP contribution >= 0.6 is 0 Å². The first-order valence-electron chi connectivity index (χ1n) is 6.85. The standard InChI is InChI=1S/C14H26N4/c1-7-11(9(3)4)16-14-10(5)13(15-6)17-12(8-2)18-14/h9,11H,7-8H2,1-6H3,(H2,15,16,17,18). The summed E-state index contributed by atoms with van der Waals surface area (Å²) in [4.78, 5) is 9.09. The molecule has 0 saturated heterocycles. The molecular weight excluding hydrogens is 224 g/mol. The maximum atomic E-state index is 4.61. The van der Waals surface area contributed by atoms with Crippen LogP contribution in [0.4, 0.5) is 11.6 Å². The maximum Gasteiger partial charge on any atom is 0.135 e. The van der Waals surface area contributed by atoms with Gasteiger partial charge < -0.3 is 10.6 Å². The molecule has 0 saturated carbocycles. The van der Waals surface area contributed by atoms with E-state index in [1.165, 1.54) is 0 Å². The average molecular weight is 250 g/mol. The van der Waals surface area contributed by atoms with Gasteiger partial charge in [0.1, 0.15) is 17.5 Å². The van der Waals surface area contributed by atoms with E-state index in [2.05, 4.69) is 55.2 Å². The zero-order chi connectivity index (χ0) is 13.7. The van der Waals surface area contributed by atoms with E-state index in [0.717, 1.165) is 35.9 Å². The van der Waals surface area contributed by atoms with Gasteiger partial charge in [-0.05, 0) is 19.3 Å². The van der Waals surface area contributed by atoms with E-state index >= 15 is 0 Å². The summed E-state index contributed by atoms with van der Waals surface area (Å²) in [6, 6.07) is 0.452. The molecule has 0 bridgehead atoms. The maximum absolute atomic E-state index is 4.61. The second-order valence-corrected chi connectivity index (χ2v) is 4.97. The van der Waals surface area contributed by atoms with Crippen molar-refractivity contribution >= 4 is 11.6 Å². The third kappa shape index (κ3) is 3.34. The minimum absolute atomic E-state index is 0.452. The van der Waals surface area contributed by atoms with Crippen LogP contribution in [0.2, 0.25) is 0 Å². The Morgan fingerprint density at radius 1 is 1.11 bits per heavy atom. The quantitative estimate of drug-likeness (QED) is 0.814. The normalized spacial score (nSPS) is 12.6. The Hall–Kier alpha value is -1.32. The number of rotatable bonds is 6. The minimum atomic E-state index is 0.452. The first kappa shape index (κ1) is 14.7. The van der Waals surface area contributed by atoms with Gasteiger partial charge in [0, 0.05) is 25.1 Å². The van der Waals surface area contributed by atoms with E-state index in [4.69, 9.17) is 0 Å². The van der Waals surface area contributed by atoms with Gasteiger partial charge in [-0.1, -0.05) is 27.7 Å². The summed E-state index contributed by atoms with van der Waals surface area (Å²) in [6.07, 6.45) is 1.94. The smallest absolute Gasteiger partial charge is 0.135 e. The molecule has 1 aromatic rings. The van der Waals surface area contributed by atoms with Crippen LogP contribution in [0.25, 0.3) is 0 Å². The molecule has 1 heterocycles. The van der Waals surface area contributed by atoms with Crippen molar-refractivity contribution in [3.63, 3.8) is 0 Å². The Kier molecular flexibility index (Phi) is 5.38. The molecule has 0 spiro atoms. The number of anilines is 2. The molecule has 1 unspecified atom stereocenters. The topological polar surface area (TPSA) is 49.8 Å². The summed E-state index contributed by atoms with van der Waals surface area (Å²) in [5.74, 6) is 3.35. The SMILES string of the molecule is CCc1nc(NC)c(C)c(NC(CC)C(C)C)n1. The van der Waals surface area contributed by atoms with Crippen molar-refractivity contribution in [3.05, 3.63) is 11.4 Å². The molecule has 0 aliphatic heterocycles. The van der Waals surface area contributed by atoms with Gasteiger partial charge in [-0.3, -0.25) is 0 Å². The summed E-state index contributed by atoms with van der Waals surface area (Å²) in [6.45, 7) is 10.8. The summed E-state index contributed by atoms with van der Waals surface area (Å²) in [5, 5.41) is 6.69. The molecule has 1 rings (SSSR count). The Bertz CT molecular complexity index is 388. The van der Waals surface area contributed by atoms with Crippen molar-refractivity contribution < 1.29 is 0 Å². The Balaban J connectivity index is 3.06. The Morgan fingerprint density at radius 2 is 1.72 bits per heavy atom. The number of aryl methyl sites for hydroxylation is 1. The number of nitrogens with one attached hydrogen (secondary N) is 2. The van der Waals surface area contributed by atoms with Crippen molar-refractivity contribution in [2.75, 3.05) is 17.7 Å². The highest BCUT2D eigenvalue weighted by Gasteiger charge is 2.15. The monoisotopic (exact) mass is 250 g/mol. The summed E-state index contributed by atoms with van der Waals surface area (Å²) in [7, 11) is 1.90. The molecule has 0 fully saturated rings. The third-order valence-corrected chi connectivity index (χ3v) is 3.31. The number of hydrogen-bond acceptors (Lipinski definition) is 4. The largest absolute Gasteiger partial charge is 0.373 e. The van der Waals surface area contributed by atoms with Gasteiger partial charge in [-0.15, -0.1) is 0 Å².